The zero-order valence-electron chi connectivity index (χ0n) is 15.7. The van der Waals surface area contributed by atoms with Gasteiger partial charge >= 0.3 is 0 Å². The van der Waals surface area contributed by atoms with Crippen LogP contribution in [0.4, 0.5) is 9.52 Å². The first-order valence-electron chi connectivity index (χ1n) is 9.33. The Morgan fingerprint density at radius 3 is 2.28 bits per heavy atom. The maximum atomic E-state index is 14.3. The molecule has 0 saturated heterocycles. The SMILES string of the molecule is O=C(c1ccccc1F)N(CCc1ccccc1)c1nc(-c2ccccc2)cs1. The number of halogens is 1. The number of benzene rings is 3. The Balaban J connectivity index is 1.65. The molecule has 0 fully saturated rings. The number of hydrogen-bond donors (Lipinski definition) is 0. The highest BCUT2D eigenvalue weighted by Crippen LogP contribution is 2.29. The van der Waals surface area contributed by atoms with E-state index in [0.29, 0.717) is 18.1 Å². The molecule has 0 spiro atoms. The van der Waals surface area contributed by atoms with Crippen LogP contribution in [0, 0.1) is 5.82 Å². The fraction of sp³-hybridized carbons (Fsp3) is 0.0833. The van der Waals surface area contributed by atoms with Gasteiger partial charge in [0.15, 0.2) is 5.13 Å². The smallest absolute Gasteiger partial charge is 0.263 e. The molecule has 0 bridgehead atoms. The second kappa shape index (κ2) is 8.80. The van der Waals surface area contributed by atoms with Gasteiger partial charge in [0.25, 0.3) is 5.91 Å². The van der Waals surface area contributed by atoms with Gasteiger partial charge in [-0.05, 0) is 24.1 Å². The Morgan fingerprint density at radius 1 is 0.897 bits per heavy atom. The molecule has 0 saturated carbocycles. The number of carbonyl (C=O) groups excluding carboxylic acids is 1. The molecule has 1 amide bonds. The zero-order valence-corrected chi connectivity index (χ0v) is 16.5. The van der Waals surface area contributed by atoms with Crippen molar-refractivity contribution >= 4 is 22.4 Å². The quantitative estimate of drug-likeness (QED) is 0.406. The van der Waals surface area contributed by atoms with Crippen LogP contribution in [0.5, 0.6) is 0 Å². The van der Waals surface area contributed by atoms with Gasteiger partial charge in [-0.3, -0.25) is 9.69 Å². The molecule has 29 heavy (non-hydrogen) atoms. The number of rotatable bonds is 6. The second-order valence-corrected chi connectivity index (χ2v) is 7.39. The molecule has 144 valence electrons. The van der Waals surface area contributed by atoms with Crippen LogP contribution in [0.2, 0.25) is 0 Å². The minimum absolute atomic E-state index is 0.0528. The monoisotopic (exact) mass is 402 g/mol. The number of nitrogens with zero attached hydrogens (tertiary/aromatic N) is 2. The van der Waals surface area contributed by atoms with E-state index in [9.17, 15) is 9.18 Å². The Kier molecular flexibility index (Phi) is 5.77. The first-order chi connectivity index (χ1) is 14.2. The number of aromatic nitrogens is 1. The molecule has 0 aliphatic rings. The Bertz CT molecular complexity index is 1100. The summed E-state index contributed by atoms with van der Waals surface area (Å²) in [5.74, 6) is -0.907. The minimum atomic E-state index is -0.526. The summed E-state index contributed by atoms with van der Waals surface area (Å²) >= 11 is 1.39. The summed E-state index contributed by atoms with van der Waals surface area (Å²) in [5.41, 5.74) is 2.95. The van der Waals surface area contributed by atoms with Crippen LogP contribution in [-0.4, -0.2) is 17.4 Å². The van der Waals surface area contributed by atoms with E-state index in [2.05, 4.69) is 4.98 Å². The lowest BCUT2D eigenvalue weighted by atomic mass is 10.1. The van der Waals surface area contributed by atoms with E-state index in [1.807, 2.05) is 66.0 Å². The molecule has 4 aromatic rings. The third kappa shape index (κ3) is 4.41. The number of hydrogen-bond acceptors (Lipinski definition) is 3. The molecular weight excluding hydrogens is 383 g/mol. The fourth-order valence-electron chi connectivity index (χ4n) is 3.08. The first kappa shape index (κ1) is 19.0. The van der Waals surface area contributed by atoms with E-state index >= 15 is 0 Å². The van der Waals surface area contributed by atoms with Crippen molar-refractivity contribution in [1.29, 1.82) is 0 Å². The van der Waals surface area contributed by atoms with Crippen LogP contribution < -0.4 is 4.90 Å². The predicted molar refractivity (Wildman–Crippen MR) is 116 cm³/mol. The van der Waals surface area contributed by atoms with Crippen molar-refractivity contribution in [3.8, 4) is 11.3 Å². The maximum absolute atomic E-state index is 14.3. The van der Waals surface area contributed by atoms with E-state index in [-0.39, 0.29) is 11.5 Å². The highest BCUT2D eigenvalue weighted by Gasteiger charge is 2.23. The number of thiazole rings is 1. The molecule has 3 nitrogen and oxygen atoms in total. The summed E-state index contributed by atoms with van der Waals surface area (Å²) < 4.78 is 14.3. The molecule has 1 heterocycles. The van der Waals surface area contributed by atoms with Gasteiger partial charge in [0.05, 0.1) is 11.3 Å². The first-order valence-corrected chi connectivity index (χ1v) is 10.2. The summed E-state index contributed by atoms with van der Waals surface area (Å²) in [6.07, 6.45) is 0.654. The van der Waals surface area contributed by atoms with Gasteiger partial charge in [-0.1, -0.05) is 72.8 Å². The normalized spacial score (nSPS) is 10.7. The molecule has 4 rings (SSSR count). The van der Waals surface area contributed by atoms with Crippen molar-refractivity contribution in [2.45, 2.75) is 6.42 Å². The van der Waals surface area contributed by atoms with Crippen LogP contribution in [0.1, 0.15) is 15.9 Å². The van der Waals surface area contributed by atoms with Gasteiger partial charge in [-0.25, -0.2) is 9.37 Å². The topological polar surface area (TPSA) is 33.2 Å². The molecule has 0 radical (unpaired) electrons. The fourth-order valence-corrected chi connectivity index (χ4v) is 3.94. The van der Waals surface area contributed by atoms with Gasteiger partial charge in [0.2, 0.25) is 0 Å². The van der Waals surface area contributed by atoms with Crippen molar-refractivity contribution in [2.24, 2.45) is 0 Å². The summed E-state index contributed by atoms with van der Waals surface area (Å²) in [4.78, 5) is 19.4. The largest absolute Gasteiger partial charge is 0.284 e. The van der Waals surface area contributed by atoms with Gasteiger partial charge < -0.3 is 0 Å². The average Bonchev–Trinajstić information content (AvgIpc) is 3.25. The highest BCUT2D eigenvalue weighted by atomic mass is 32.1. The lowest BCUT2D eigenvalue weighted by Crippen LogP contribution is -2.33. The van der Waals surface area contributed by atoms with E-state index in [0.717, 1.165) is 16.8 Å². The molecule has 3 aromatic carbocycles. The third-order valence-electron chi connectivity index (χ3n) is 4.61. The second-order valence-electron chi connectivity index (χ2n) is 6.55. The molecule has 0 aliphatic carbocycles. The summed E-state index contributed by atoms with van der Waals surface area (Å²) in [7, 11) is 0. The van der Waals surface area contributed by atoms with Crippen LogP contribution >= 0.6 is 11.3 Å². The van der Waals surface area contributed by atoms with Crippen LogP contribution in [0.25, 0.3) is 11.3 Å². The number of anilines is 1. The van der Waals surface area contributed by atoms with Gasteiger partial charge in [0, 0.05) is 17.5 Å². The Hall–Kier alpha value is -3.31. The van der Waals surface area contributed by atoms with E-state index < -0.39 is 5.82 Å². The lowest BCUT2D eigenvalue weighted by molar-refractivity contribution is 0.0983. The average molecular weight is 402 g/mol. The van der Waals surface area contributed by atoms with Gasteiger partial charge in [-0.2, -0.15) is 0 Å². The van der Waals surface area contributed by atoms with E-state index in [4.69, 9.17) is 0 Å². The molecular formula is C24H19FN2OS. The van der Waals surface area contributed by atoms with Crippen LogP contribution in [-0.2, 0) is 6.42 Å². The number of carbonyl (C=O) groups is 1. The van der Waals surface area contributed by atoms with E-state index in [1.165, 1.54) is 23.5 Å². The minimum Gasteiger partial charge on any atom is -0.284 e. The van der Waals surface area contributed by atoms with Crippen molar-refractivity contribution in [3.05, 3.63) is 107 Å². The molecule has 0 aliphatic heterocycles. The molecule has 5 heteroatoms. The summed E-state index contributed by atoms with van der Waals surface area (Å²) in [6, 6.07) is 25.8. The van der Waals surface area contributed by atoms with Crippen molar-refractivity contribution in [1.82, 2.24) is 4.98 Å². The lowest BCUT2D eigenvalue weighted by Gasteiger charge is -2.20. The van der Waals surface area contributed by atoms with Crippen molar-refractivity contribution in [3.63, 3.8) is 0 Å². The van der Waals surface area contributed by atoms with Crippen molar-refractivity contribution < 1.29 is 9.18 Å². The summed E-state index contributed by atoms with van der Waals surface area (Å²) in [5, 5.41) is 2.49. The van der Waals surface area contributed by atoms with Gasteiger partial charge in [-0.15, -0.1) is 11.3 Å². The molecule has 1 aromatic heterocycles. The Labute approximate surface area is 173 Å². The Morgan fingerprint density at radius 2 is 1.55 bits per heavy atom. The molecule has 0 atom stereocenters. The predicted octanol–water partition coefficient (Wildman–Crippen LogP) is 5.84. The van der Waals surface area contributed by atoms with Crippen LogP contribution in [0.15, 0.2) is 90.3 Å². The molecule has 0 N–H and O–H groups in total. The highest BCUT2D eigenvalue weighted by molar-refractivity contribution is 7.14. The summed E-state index contributed by atoms with van der Waals surface area (Å²) in [6.45, 7) is 0.416. The third-order valence-corrected chi connectivity index (χ3v) is 5.47. The molecule has 0 unspecified atom stereocenters. The number of amides is 1. The van der Waals surface area contributed by atoms with Crippen LogP contribution in [0.3, 0.4) is 0 Å². The van der Waals surface area contributed by atoms with Crippen molar-refractivity contribution in [2.75, 3.05) is 11.4 Å². The zero-order chi connectivity index (χ0) is 20.1. The van der Waals surface area contributed by atoms with E-state index in [1.54, 1.807) is 17.0 Å². The van der Waals surface area contributed by atoms with Gasteiger partial charge in [0.1, 0.15) is 5.82 Å². The standard InChI is InChI=1S/C24H19FN2OS/c25-21-14-8-7-13-20(21)23(28)27(16-15-18-9-3-1-4-10-18)24-26-22(17-29-24)19-11-5-2-6-12-19/h1-14,17H,15-16H2. The maximum Gasteiger partial charge on any atom is 0.263 e.